The van der Waals surface area contributed by atoms with Gasteiger partial charge in [-0.15, -0.1) is 0 Å². The lowest BCUT2D eigenvalue weighted by molar-refractivity contribution is -0.137. The van der Waals surface area contributed by atoms with Crippen LogP contribution in [0.25, 0.3) is 0 Å². The van der Waals surface area contributed by atoms with Gasteiger partial charge in [0.2, 0.25) is 5.91 Å². The van der Waals surface area contributed by atoms with Gasteiger partial charge in [-0.2, -0.15) is 13.2 Å². The number of halogens is 4. The number of rotatable bonds is 9. The lowest BCUT2D eigenvalue weighted by Gasteiger charge is -2.40. The number of aliphatic hydroxyl groups excluding tert-OH is 2. The fourth-order valence-electron chi connectivity index (χ4n) is 4.38. The Balaban J connectivity index is 1.66. The lowest BCUT2D eigenvalue weighted by atomic mass is 9.87. The maximum atomic E-state index is 13.6. The molecule has 2 amide bonds. The van der Waals surface area contributed by atoms with Crippen LogP contribution in [0.15, 0.2) is 60.2 Å². The molecule has 1 fully saturated rings. The third kappa shape index (κ3) is 6.86. The summed E-state index contributed by atoms with van der Waals surface area (Å²) in [5, 5.41) is 23.1. The minimum atomic E-state index is -4.53. The summed E-state index contributed by atoms with van der Waals surface area (Å²) in [6, 6.07) is 10.3. The number of nitrogens with zero attached hydrogens (tertiary/aromatic N) is 1. The van der Waals surface area contributed by atoms with Crippen molar-refractivity contribution in [1.29, 1.82) is 0 Å². The van der Waals surface area contributed by atoms with E-state index in [2.05, 4.69) is 27.9 Å². The zero-order valence-electron chi connectivity index (χ0n) is 20.3. The van der Waals surface area contributed by atoms with Crippen molar-refractivity contribution in [3.05, 3.63) is 74.9 Å². The molecule has 1 saturated carbocycles. The van der Waals surface area contributed by atoms with Crippen molar-refractivity contribution in [2.75, 3.05) is 19.7 Å². The van der Waals surface area contributed by atoms with E-state index in [-0.39, 0.29) is 36.6 Å². The summed E-state index contributed by atoms with van der Waals surface area (Å²) in [4.78, 5) is 27.9. The Bertz CT molecular complexity index is 1180. The fourth-order valence-corrected chi connectivity index (χ4v) is 4.90. The number of nitrogens with one attached hydrogen (secondary N) is 1. The van der Waals surface area contributed by atoms with Crippen LogP contribution in [0.4, 0.5) is 13.2 Å². The molecule has 0 spiro atoms. The largest absolute Gasteiger partial charge is 0.482 e. The quantitative estimate of drug-likeness (QED) is 0.362. The summed E-state index contributed by atoms with van der Waals surface area (Å²) < 4.78 is 46.1. The minimum Gasteiger partial charge on any atom is -0.482 e. The van der Waals surface area contributed by atoms with E-state index in [0.29, 0.717) is 12.3 Å². The second kappa shape index (κ2) is 12.0. The number of aliphatic hydroxyl groups is 2. The molecule has 4 rings (SSSR count). The van der Waals surface area contributed by atoms with E-state index < -0.39 is 41.8 Å². The van der Waals surface area contributed by atoms with Gasteiger partial charge in [0.1, 0.15) is 18.0 Å². The van der Waals surface area contributed by atoms with Crippen molar-refractivity contribution in [3.8, 4) is 5.75 Å². The molecule has 2 aromatic carbocycles. The van der Waals surface area contributed by atoms with Gasteiger partial charge in [0.15, 0.2) is 0 Å². The summed E-state index contributed by atoms with van der Waals surface area (Å²) >= 11 is 2.09. The zero-order valence-corrected chi connectivity index (χ0v) is 22.5. The minimum absolute atomic E-state index is 0.0171. The van der Waals surface area contributed by atoms with Crippen molar-refractivity contribution in [3.63, 3.8) is 0 Å². The molecule has 3 atom stereocenters. The number of alkyl halides is 3. The smallest absolute Gasteiger partial charge is 0.416 e. The van der Waals surface area contributed by atoms with Crippen LogP contribution in [0.1, 0.15) is 35.2 Å². The summed E-state index contributed by atoms with van der Waals surface area (Å²) in [6.45, 7) is 0.0674. The van der Waals surface area contributed by atoms with Gasteiger partial charge in [-0.1, -0.05) is 12.1 Å². The van der Waals surface area contributed by atoms with E-state index in [1.807, 2.05) is 12.1 Å². The molecule has 0 heterocycles. The molecule has 0 bridgehead atoms. The summed E-state index contributed by atoms with van der Waals surface area (Å²) in [7, 11) is 0. The summed E-state index contributed by atoms with van der Waals surface area (Å²) in [5.74, 6) is -0.292. The van der Waals surface area contributed by atoms with Crippen LogP contribution in [-0.4, -0.2) is 64.9 Å². The molecule has 0 aliphatic heterocycles. The Morgan fingerprint density at radius 2 is 1.79 bits per heavy atom. The number of hydrogen-bond donors (Lipinski definition) is 3. The van der Waals surface area contributed by atoms with E-state index in [9.17, 15) is 27.9 Å². The van der Waals surface area contributed by atoms with Gasteiger partial charge in [-0.25, -0.2) is 0 Å². The highest BCUT2D eigenvalue weighted by Gasteiger charge is 2.42. The van der Waals surface area contributed by atoms with Gasteiger partial charge in [0.05, 0.1) is 21.8 Å². The first-order chi connectivity index (χ1) is 18.1. The molecule has 7 nitrogen and oxygen atoms in total. The monoisotopic (exact) mass is 644 g/mol. The van der Waals surface area contributed by atoms with Gasteiger partial charge in [-0.3, -0.25) is 9.59 Å². The van der Waals surface area contributed by atoms with Gasteiger partial charge in [-0.05, 0) is 83.8 Å². The molecule has 2 aliphatic carbocycles. The number of benzene rings is 2. The van der Waals surface area contributed by atoms with Crippen molar-refractivity contribution in [1.82, 2.24) is 10.2 Å². The molecule has 2 aliphatic rings. The molecule has 204 valence electrons. The average Bonchev–Trinajstić information content (AvgIpc) is 3.72. The van der Waals surface area contributed by atoms with Crippen LogP contribution >= 0.6 is 22.6 Å². The maximum Gasteiger partial charge on any atom is 0.416 e. The van der Waals surface area contributed by atoms with Crippen LogP contribution in [0.2, 0.25) is 0 Å². The van der Waals surface area contributed by atoms with Crippen LogP contribution < -0.4 is 10.1 Å². The molecule has 11 heteroatoms. The lowest BCUT2D eigenvalue weighted by Crippen LogP contribution is -2.55. The second-order valence-corrected chi connectivity index (χ2v) is 10.6. The van der Waals surface area contributed by atoms with E-state index >= 15 is 0 Å². The topological polar surface area (TPSA) is 99.1 Å². The number of amides is 2. The molecule has 0 unspecified atom stereocenters. The number of carbonyl (C=O) groups excluding carboxylic acids is 2. The third-order valence-electron chi connectivity index (χ3n) is 6.59. The predicted octanol–water partition coefficient (Wildman–Crippen LogP) is 3.78. The molecular weight excluding hydrogens is 616 g/mol. The zero-order chi connectivity index (χ0) is 27.4. The number of ether oxygens (including phenoxy) is 1. The second-order valence-electron chi connectivity index (χ2n) is 9.42. The highest BCUT2D eigenvalue weighted by Crippen LogP contribution is 2.35. The van der Waals surface area contributed by atoms with Crippen molar-refractivity contribution >= 4 is 34.4 Å². The van der Waals surface area contributed by atoms with Crippen LogP contribution in [0.3, 0.4) is 0 Å². The molecule has 3 N–H and O–H groups in total. The fraction of sp³-hybridized carbons (Fsp3) is 0.407. The number of para-hydroxylation sites is 1. The Labute approximate surface area is 231 Å². The molecule has 2 aromatic rings. The Morgan fingerprint density at radius 1 is 1.11 bits per heavy atom. The molecular formula is C27H28F3IN2O5. The number of carbonyl (C=O) groups is 2. The maximum absolute atomic E-state index is 13.6. The van der Waals surface area contributed by atoms with Crippen LogP contribution in [0, 0.1) is 9.49 Å². The van der Waals surface area contributed by atoms with Crippen molar-refractivity contribution in [2.45, 2.75) is 43.7 Å². The first-order valence-electron chi connectivity index (χ1n) is 12.3. The highest BCUT2D eigenvalue weighted by molar-refractivity contribution is 14.1. The van der Waals surface area contributed by atoms with E-state index in [0.717, 1.165) is 40.7 Å². The van der Waals surface area contributed by atoms with Gasteiger partial charge >= 0.3 is 6.18 Å². The highest BCUT2D eigenvalue weighted by atomic mass is 127. The normalized spacial score (nSPS) is 21.4. The first kappa shape index (κ1) is 28.4. The first-order valence-corrected chi connectivity index (χ1v) is 13.3. The van der Waals surface area contributed by atoms with E-state index in [4.69, 9.17) is 9.84 Å². The van der Waals surface area contributed by atoms with Gasteiger partial charge in [0, 0.05) is 30.6 Å². The molecule has 0 saturated heterocycles. The van der Waals surface area contributed by atoms with E-state index in [1.54, 1.807) is 12.1 Å². The Morgan fingerprint density at radius 3 is 2.39 bits per heavy atom. The van der Waals surface area contributed by atoms with Crippen molar-refractivity contribution in [2.24, 2.45) is 5.92 Å². The third-order valence-corrected chi connectivity index (χ3v) is 7.48. The van der Waals surface area contributed by atoms with Gasteiger partial charge < -0.3 is 25.2 Å². The van der Waals surface area contributed by atoms with Crippen LogP contribution in [-0.2, 0) is 11.0 Å². The molecule has 0 aromatic heterocycles. The van der Waals surface area contributed by atoms with Gasteiger partial charge in [0.25, 0.3) is 5.91 Å². The van der Waals surface area contributed by atoms with Crippen molar-refractivity contribution < 1.29 is 37.7 Å². The average molecular weight is 644 g/mol. The summed E-state index contributed by atoms with van der Waals surface area (Å²) in [5.41, 5.74) is -0.523. The van der Waals surface area contributed by atoms with Crippen LogP contribution in [0.5, 0.6) is 5.75 Å². The predicted molar refractivity (Wildman–Crippen MR) is 141 cm³/mol. The number of hydrogen-bond acceptors (Lipinski definition) is 5. The summed E-state index contributed by atoms with van der Waals surface area (Å²) in [6.07, 6.45) is -3.39. The molecule has 0 radical (unpaired) electrons. The standard InChI is InChI=1S/C27H28F3IN2O5/c28-27(29,30)19-9-7-17(8-10-19)26(37)33(15-16-5-6-16)21-13-18(25(36)32-11-12-34)14-23(24(21)35)38-22-4-2-1-3-20(22)31/h1-4,7-10,14,16,21,23-24,34-35H,5-6,11-13,15H2,(H,32,36)/t21-,23+,24+/m1/s1. The Kier molecular flexibility index (Phi) is 8.99. The van der Waals surface area contributed by atoms with E-state index in [1.165, 1.54) is 11.0 Å². The Hall–Kier alpha value is -2.64. The SMILES string of the molecule is O=C(NCCO)C1=C[C@H](Oc2ccccc2I)[C@@H](O)[C@H](N(CC2CC2)C(=O)c2ccc(C(F)(F)F)cc2)C1. The molecule has 38 heavy (non-hydrogen) atoms.